The lowest BCUT2D eigenvalue weighted by Gasteiger charge is -2.17. The highest BCUT2D eigenvalue weighted by atomic mass is 16.5. The van der Waals surface area contributed by atoms with Gasteiger partial charge in [0.2, 0.25) is 5.91 Å². The van der Waals surface area contributed by atoms with Gasteiger partial charge in [0.1, 0.15) is 0 Å². The lowest BCUT2D eigenvalue weighted by Crippen LogP contribution is -2.43. The van der Waals surface area contributed by atoms with E-state index in [2.05, 4.69) is 20.9 Å². The number of amides is 1. The maximum absolute atomic E-state index is 12.3. The third-order valence-electron chi connectivity index (χ3n) is 4.40. The quantitative estimate of drug-likeness (QED) is 0.524. The number of rotatable bonds is 7. The van der Waals surface area contributed by atoms with Gasteiger partial charge in [0.15, 0.2) is 5.96 Å². The summed E-state index contributed by atoms with van der Waals surface area (Å²) in [5.74, 6) is 1.05. The van der Waals surface area contributed by atoms with E-state index < -0.39 is 0 Å². The molecule has 0 bridgehead atoms. The first-order chi connectivity index (χ1) is 12.1. The number of guanidine groups is 1. The van der Waals surface area contributed by atoms with Crippen molar-refractivity contribution in [3.8, 4) is 0 Å². The fourth-order valence-electron chi connectivity index (χ4n) is 3.10. The number of anilines is 1. The van der Waals surface area contributed by atoms with E-state index in [1.807, 2.05) is 31.2 Å². The van der Waals surface area contributed by atoms with Gasteiger partial charge in [-0.25, -0.2) is 0 Å². The van der Waals surface area contributed by atoms with Crippen molar-refractivity contribution in [2.45, 2.75) is 45.2 Å². The van der Waals surface area contributed by atoms with Crippen LogP contribution in [0.3, 0.4) is 0 Å². The van der Waals surface area contributed by atoms with Crippen LogP contribution in [-0.2, 0) is 16.1 Å². The van der Waals surface area contributed by atoms with Gasteiger partial charge in [-0.1, -0.05) is 25.0 Å². The second-order valence-corrected chi connectivity index (χ2v) is 6.60. The predicted octanol–water partition coefficient (Wildman–Crippen LogP) is 2.52. The third kappa shape index (κ3) is 6.38. The van der Waals surface area contributed by atoms with Gasteiger partial charge < -0.3 is 20.7 Å². The molecule has 6 heteroatoms. The fourth-order valence-corrected chi connectivity index (χ4v) is 3.10. The van der Waals surface area contributed by atoms with Gasteiger partial charge >= 0.3 is 0 Å². The zero-order valence-electron chi connectivity index (χ0n) is 15.5. The van der Waals surface area contributed by atoms with Crippen LogP contribution in [0.15, 0.2) is 29.3 Å². The molecule has 1 aromatic carbocycles. The van der Waals surface area contributed by atoms with Gasteiger partial charge in [-0.05, 0) is 37.5 Å². The van der Waals surface area contributed by atoms with Gasteiger partial charge in [0.25, 0.3) is 0 Å². The molecule has 1 aliphatic rings. The molecule has 138 valence electrons. The Morgan fingerprint density at radius 1 is 1.36 bits per heavy atom. The van der Waals surface area contributed by atoms with Crippen LogP contribution in [0.25, 0.3) is 0 Å². The number of benzene rings is 1. The molecule has 1 saturated carbocycles. The predicted molar refractivity (Wildman–Crippen MR) is 102 cm³/mol. The molecule has 1 unspecified atom stereocenters. The fraction of sp³-hybridized carbons (Fsp3) is 0.579. The van der Waals surface area contributed by atoms with E-state index in [1.165, 1.54) is 0 Å². The summed E-state index contributed by atoms with van der Waals surface area (Å²) in [6.07, 6.45) is 4.34. The van der Waals surface area contributed by atoms with Crippen molar-refractivity contribution in [3.63, 3.8) is 0 Å². The summed E-state index contributed by atoms with van der Waals surface area (Å²) in [6.45, 7) is 3.28. The summed E-state index contributed by atoms with van der Waals surface area (Å²) in [5, 5.41) is 9.59. The van der Waals surface area contributed by atoms with Crippen LogP contribution >= 0.6 is 0 Å². The Labute approximate surface area is 150 Å². The Kier molecular flexibility index (Phi) is 7.73. The van der Waals surface area contributed by atoms with Crippen LogP contribution in [0.1, 0.15) is 38.2 Å². The summed E-state index contributed by atoms with van der Waals surface area (Å²) < 4.78 is 5.12. The number of methoxy groups -OCH3 is 1. The number of carbonyl (C=O) groups excluding carboxylic acids is 1. The van der Waals surface area contributed by atoms with Crippen molar-refractivity contribution in [3.05, 3.63) is 29.8 Å². The van der Waals surface area contributed by atoms with Crippen LogP contribution in [0.5, 0.6) is 0 Å². The third-order valence-corrected chi connectivity index (χ3v) is 4.40. The molecule has 6 nitrogen and oxygen atoms in total. The highest BCUT2D eigenvalue weighted by Crippen LogP contribution is 2.26. The van der Waals surface area contributed by atoms with Crippen LogP contribution in [0, 0.1) is 5.92 Å². The summed E-state index contributed by atoms with van der Waals surface area (Å²) in [5.41, 5.74) is 1.94. The molecule has 0 spiro atoms. The second kappa shape index (κ2) is 10.0. The number of aliphatic imine (C=N–C) groups is 1. The van der Waals surface area contributed by atoms with Crippen LogP contribution in [0.2, 0.25) is 0 Å². The molecular formula is C19H30N4O2. The molecule has 0 aromatic heterocycles. The van der Waals surface area contributed by atoms with Crippen LogP contribution < -0.4 is 16.0 Å². The minimum Gasteiger partial charge on any atom is -0.383 e. The molecule has 2 rings (SSSR count). The van der Waals surface area contributed by atoms with E-state index in [4.69, 9.17) is 4.74 Å². The summed E-state index contributed by atoms with van der Waals surface area (Å²) in [6, 6.07) is 8.11. The number of carbonyl (C=O) groups is 1. The Morgan fingerprint density at radius 3 is 2.80 bits per heavy atom. The van der Waals surface area contributed by atoms with Crippen molar-refractivity contribution in [2.24, 2.45) is 10.9 Å². The van der Waals surface area contributed by atoms with E-state index in [0.717, 1.165) is 42.9 Å². The van der Waals surface area contributed by atoms with Crippen LogP contribution in [-0.4, -0.2) is 38.7 Å². The van der Waals surface area contributed by atoms with E-state index in [9.17, 15) is 4.79 Å². The SMILES string of the molecule is CN=C(NCc1cccc(NC(=O)C2CCCC2)c1)NC(C)COC. The molecule has 1 amide bonds. The monoisotopic (exact) mass is 346 g/mol. The second-order valence-electron chi connectivity index (χ2n) is 6.60. The molecule has 0 heterocycles. The van der Waals surface area contributed by atoms with Crippen molar-refractivity contribution in [1.82, 2.24) is 10.6 Å². The maximum atomic E-state index is 12.3. The molecule has 1 aliphatic carbocycles. The molecule has 25 heavy (non-hydrogen) atoms. The summed E-state index contributed by atoms with van der Waals surface area (Å²) in [4.78, 5) is 16.5. The Balaban J connectivity index is 1.86. The van der Waals surface area contributed by atoms with Crippen molar-refractivity contribution in [1.29, 1.82) is 0 Å². The summed E-state index contributed by atoms with van der Waals surface area (Å²) in [7, 11) is 3.42. The minimum atomic E-state index is 0.147. The topological polar surface area (TPSA) is 74.8 Å². The van der Waals surface area contributed by atoms with E-state index in [1.54, 1.807) is 14.2 Å². The average Bonchev–Trinajstić information content (AvgIpc) is 3.14. The first-order valence-electron chi connectivity index (χ1n) is 8.98. The molecule has 0 saturated heterocycles. The molecule has 1 atom stereocenters. The van der Waals surface area contributed by atoms with E-state index in [-0.39, 0.29) is 17.9 Å². The van der Waals surface area contributed by atoms with Gasteiger partial charge in [-0.3, -0.25) is 9.79 Å². The van der Waals surface area contributed by atoms with Crippen molar-refractivity contribution < 1.29 is 9.53 Å². The normalized spacial score (nSPS) is 16.5. The standard InChI is InChI=1S/C19H30N4O2/c1-14(13-25-3)22-19(20-2)21-12-15-7-6-10-17(11-15)23-18(24)16-8-4-5-9-16/h6-7,10-11,14,16H,4-5,8-9,12-13H2,1-3H3,(H,23,24)(H2,20,21,22). The molecule has 1 fully saturated rings. The van der Waals surface area contributed by atoms with Crippen molar-refractivity contribution in [2.75, 3.05) is 26.1 Å². The van der Waals surface area contributed by atoms with Crippen LogP contribution in [0.4, 0.5) is 5.69 Å². The number of ether oxygens (including phenoxy) is 1. The maximum Gasteiger partial charge on any atom is 0.227 e. The lowest BCUT2D eigenvalue weighted by molar-refractivity contribution is -0.119. The Bertz CT molecular complexity index is 583. The van der Waals surface area contributed by atoms with E-state index in [0.29, 0.717) is 13.2 Å². The zero-order chi connectivity index (χ0) is 18.1. The highest BCUT2D eigenvalue weighted by Gasteiger charge is 2.22. The van der Waals surface area contributed by atoms with Crippen molar-refractivity contribution >= 4 is 17.6 Å². The molecule has 1 aromatic rings. The number of hydrogen-bond acceptors (Lipinski definition) is 3. The summed E-state index contributed by atoms with van der Waals surface area (Å²) >= 11 is 0. The first-order valence-corrected chi connectivity index (χ1v) is 8.98. The average molecular weight is 346 g/mol. The van der Waals surface area contributed by atoms with Gasteiger partial charge in [0, 0.05) is 38.3 Å². The molecule has 3 N–H and O–H groups in total. The molecule has 0 aliphatic heterocycles. The van der Waals surface area contributed by atoms with Gasteiger partial charge in [-0.2, -0.15) is 0 Å². The smallest absolute Gasteiger partial charge is 0.227 e. The number of nitrogens with zero attached hydrogens (tertiary/aromatic N) is 1. The number of hydrogen-bond donors (Lipinski definition) is 3. The highest BCUT2D eigenvalue weighted by molar-refractivity contribution is 5.92. The molecular weight excluding hydrogens is 316 g/mol. The van der Waals surface area contributed by atoms with Gasteiger partial charge in [-0.15, -0.1) is 0 Å². The van der Waals surface area contributed by atoms with E-state index >= 15 is 0 Å². The zero-order valence-corrected chi connectivity index (χ0v) is 15.5. The van der Waals surface area contributed by atoms with Gasteiger partial charge in [0.05, 0.1) is 6.61 Å². The Hall–Kier alpha value is -2.08. The molecule has 0 radical (unpaired) electrons. The lowest BCUT2D eigenvalue weighted by atomic mass is 10.1. The Morgan fingerprint density at radius 2 is 2.12 bits per heavy atom. The largest absolute Gasteiger partial charge is 0.383 e. The first kappa shape index (κ1) is 19.2. The number of nitrogens with one attached hydrogen (secondary N) is 3. The minimum absolute atomic E-state index is 0.147.